The summed E-state index contributed by atoms with van der Waals surface area (Å²) in [5.41, 5.74) is 0. The molecule has 0 bridgehead atoms. The zero-order valence-corrected chi connectivity index (χ0v) is 8.97. The molecule has 1 saturated heterocycles. The van der Waals surface area contributed by atoms with Crippen LogP contribution in [0.15, 0.2) is 0 Å². The number of hydrogen-bond acceptors (Lipinski definition) is 0. The molecule has 1 unspecified atom stereocenters. The zero-order valence-electron chi connectivity index (χ0n) is 8.97. The van der Waals surface area contributed by atoms with Gasteiger partial charge in [0, 0.05) is 0 Å². The highest BCUT2D eigenvalue weighted by molar-refractivity contribution is 4.61. The fourth-order valence-corrected chi connectivity index (χ4v) is 1.78. The summed E-state index contributed by atoms with van der Waals surface area (Å²) in [5.74, 6) is 0. The lowest BCUT2D eigenvalue weighted by molar-refractivity contribution is -0.804. The van der Waals surface area contributed by atoms with E-state index in [1.54, 1.807) is 0 Å². The smallest absolute Gasteiger partial charge is 0.129 e. The van der Waals surface area contributed by atoms with Gasteiger partial charge in [0.1, 0.15) is 13.1 Å². The Hall–Kier alpha value is -0.0400. The fraction of sp³-hybridized carbons (Fsp3) is 1.00. The van der Waals surface area contributed by atoms with E-state index < -0.39 is 0 Å². The van der Waals surface area contributed by atoms with Crippen molar-refractivity contribution in [1.29, 1.82) is 0 Å². The maximum atomic E-state index is 2.42. The van der Waals surface area contributed by atoms with Gasteiger partial charge in [0.25, 0.3) is 0 Å². The highest BCUT2D eigenvalue weighted by atomic mass is 15.5. The SMILES string of the molecule is CCCCCCC(C)[N+]1(C)CC1. The summed E-state index contributed by atoms with van der Waals surface area (Å²) in [5, 5.41) is 0. The topological polar surface area (TPSA) is 0 Å². The molecule has 0 aromatic carbocycles. The Morgan fingerprint density at radius 2 is 1.83 bits per heavy atom. The maximum absolute atomic E-state index is 2.42. The average Bonchev–Trinajstić information content (AvgIpc) is 2.78. The molecule has 1 nitrogen and oxygen atoms in total. The van der Waals surface area contributed by atoms with Crippen molar-refractivity contribution in [2.24, 2.45) is 0 Å². The van der Waals surface area contributed by atoms with Crippen LogP contribution >= 0.6 is 0 Å². The quantitative estimate of drug-likeness (QED) is 0.327. The predicted octanol–water partition coefficient (Wildman–Crippen LogP) is 2.81. The number of quaternary nitrogens is 1. The van der Waals surface area contributed by atoms with Gasteiger partial charge in [-0.15, -0.1) is 0 Å². The van der Waals surface area contributed by atoms with E-state index in [1.165, 1.54) is 49.7 Å². The summed E-state index contributed by atoms with van der Waals surface area (Å²) in [7, 11) is 2.39. The molecule has 0 spiro atoms. The van der Waals surface area contributed by atoms with Crippen LogP contribution in [-0.2, 0) is 0 Å². The third-order valence-corrected chi connectivity index (χ3v) is 3.47. The van der Waals surface area contributed by atoms with Crippen molar-refractivity contribution < 1.29 is 4.48 Å². The van der Waals surface area contributed by atoms with Crippen molar-refractivity contribution in [2.45, 2.75) is 52.0 Å². The molecule has 0 amide bonds. The van der Waals surface area contributed by atoms with E-state index in [2.05, 4.69) is 20.9 Å². The molecule has 0 saturated carbocycles. The monoisotopic (exact) mass is 170 g/mol. The van der Waals surface area contributed by atoms with E-state index >= 15 is 0 Å². The summed E-state index contributed by atoms with van der Waals surface area (Å²) in [4.78, 5) is 0. The Kier molecular flexibility index (Phi) is 3.57. The fourth-order valence-electron chi connectivity index (χ4n) is 1.78. The third kappa shape index (κ3) is 2.78. The van der Waals surface area contributed by atoms with Crippen molar-refractivity contribution in [1.82, 2.24) is 0 Å². The van der Waals surface area contributed by atoms with Gasteiger partial charge in [-0.3, -0.25) is 0 Å². The van der Waals surface area contributed by atoms with Crippen molar-refractivity contribution >= 4 is 0 Å². The van der Waals surface area contributed by atoms with Crippen LogP contribution in [0.1, 0.15) is 46.0 Å². The molecule has 72 valence electrons. The lowest BCUT2D eigenvalue weighted by atomic mass is 10.1. The van der Waals surface area contributed by atoms with Crippen LogP contribution < -0.4 is 0 Å². The Morgan fingerprint density at radius 1 is 1.17 bits per heavy atom. The van der Waals surface area contributed by atoms with Crippen LogP contribution in [-0.4, -0.2) is 30.7 Å². The van der Waals surface area contributed by atoms with Crippen LogP contribution in [0.25, 0.3) is 0 Å². The normalized spacial score (nSPS) is 22.2. The van der Waals surface area contributed by atoms with E-state index in [0.717, 1.165) is 6.04 Å². The molecule has 1 aliphatic heterocycles. The predicted molar refractivity (Wildman–Crippen MR) is 54.1 cm³/mol. The molecule has 0 radical (unpaired) electrons. The number of unbranched alkanes of at least 4 members (excludes halogenated alkanes) is 3. The van der Waals surface area contributed by atoms with Gasteiger partial charge < -0.3 is 4.48 Å². The number of hydrogen-bond donors (Lipinski definition) is 0. The van der Waals surface area contributed by atoms with Gasteiger partial charge in [-0.25, -0.2) is 0 Å². The van der Waals surface area contributed by atoms with E-state index in [1.807, 2.05) is 0 Å². The highest BCUT2D eigenvalue weighted by Crippen LogP contribution is 2.25. The first kappa shape index (κ1) is 10.0. The molecule has 1 aliphatic rings. The molecule has 1 fully saturated rings. The molecule has 1 rings (SSSR count). The summed E-state index contributed by atoms with van der Waals surface area (Å²) in [6.07, 6.45) is 7.12. The highest BCUT2D eigenvalue weighted by Gasteiger charge is 2.41. The largest absolute Gasteiger partial charge is 0.315 e. The lowest BCUT2D eigenvalue weighted by Gasteiger charge is -2.20. The van der Waals surface area contributed by atoms with Crippen LogP contribution in [0.2, 0.25) is 0 Å². The van der Waals surface area contributed by atoms with E-state index in [0.29, 0.717) is 0 Å². The standard InChI is InChI=1S/C11H24N/c1-4-5-6-7-8-11(2)12(3)9-10-12/h11H,4-10H2,1-3H3/q+1. The molecule has 0 aromatic heterocycles. The molecule has 1 atom stereocenters. The van der Waals surface area contributed by atoms with Crippen LogP contribution in [0.4, 0.5) is 0 Å². The van der Waals surface area contributed by atoms with Crippen molar-refractivity contribution in [3.05, 3.63) is 0 Å². The van der Waals surface area contributed by atoms with Gasteiger partial charge in [0.15, 0.2) is 0 Å². The summed E-state index contributed by atoms with van der Waals surface area (Å²) in [6, 6.07) is 0.918. The second-order valence-electron chi connectivity index (χ2n) is 4.62. The first-order valence-corrected chi connectivity index (χ1v) is 5.53. The Bertz CT molecular complexity index is 127. The van der Waals surface area contributed by atoms with Gasteiger partial charge in [0.2, 0.25) is 0 Å². The minimum absolute atomic E-state index is 0.918. The lowest BCUT2D eigenvalue weighted by Crippen LogP contribution is -2.31. The molecule has 1 heteroatoms. The minimum Gasteiger partial charge on any atom is -0.315 e. The third-order valence-electron chi connectivity index (χ3n) is 3.47. The van der Waals surface area contributed by atoms with E-state index in [4.69, 9.17) is 0 Å². The molecular formula is C11H24N+. The van der Waals surface area contributed by atoms with Crippen LogP contribution in [0, 0.1) is 0 Å². The summed E-state index contributed by atoms with van der Waals surface area (Å²) < 4.78 is 1.35. The van der Waals surface area contributed by atoms with Crippen molar-refractivity contribution in [2.75, 3.05) is 20.1 Å². The van der Waals surface area contributed by atoms with Crippen molar-refractivity contribution in [3.8, 4) is 0 Å². The average molecular weight is 170 g/mol. The first-order valence-electron chi connectivity index (χ1n) is 5.53. The van der Waals surface area contributed by atoms with Gasteiger partial charge in [-0.2, -0.15) is 0 Å². The summed E-state index contributed by atoms with van der Waals surface area (Å²) in [6.45, 7) is 7.55. The van der Waals surface area contributed by atoms with E-state index in [-0.39, 0.29) is 0 Å². The Morgan fingerprint density at radius 3 is 2.33 bits per heavy atom. The maximum Gasteiger partial charge on any atom is 0.129 e. The molecule has 0 aliphatic carbocycles. The summed E-state index contributed by atoms with van der Waals surface area (Å²) >= 11 is 0. The number of nitrogens with zero attached hydrogens (tertiary/aromatic N) is 1. The van der Waals surface area contributed by atoms with Crippen molar-refractivity contribution in [3.63, 3.8) is 0 Å². The molecule has 0 N–H and O–H groups in total. The number of likely N-dealkylation sites (N-methyl/N-ethyl adjacent to an activating group) is 1. The van der Waals surface area contributed by atoms with E-state index in [9.17, 15) is 0 Å². The molecule has 1 heterocycles. The molecule has 0 aromatic rings. The van der Waals surface area contributed by atoms with Gasteiger partial charge in [0.05, 0.1) is 13.1 Å². The minimum atomic E-state index is 0.918. The van der Waals surface area contributed by atoms with Crippen LogP contribution in [0.3, 0.4) is 0 Å². The first-order chi connectivity index (χ1) is 5.69. The molecular weight excluding hydrogens is 146 g/mol. The van der Waals surface area contributed by atoms with Gasteiger partial charge in [-0.1, -0.05) is 26.2 Å². The Labute approximate surface area is 77.4 Å². The zero-order chi connectivity index (χ0) is 9.03. The van der Waals surface area contributed by atoms with Gasteiger partial charge in [-0.05, 0) is 19.8 Å². The van der Waals surface area contributed by atoms with Crippen LogP contribution in [0.5, 0.6) is 0 Å². The van der Waals surface area contributed by atoms with Gasteiger partial charge >= 0.3 is 0 Å². The number of rotatable bonds is 6. The second kappa shape index (κ2) is 4.27. The Balaban J connectivity index is 1.99. The second-order valence-corrected chi connectivity index (χ2v) is 4.62. The molecule has 12 heavy (non-hydrogen) atoms.